The summed E-state index contributed by atoms with van der Waals surface area (Å²) in [5.41, 5.74) is 3.89. The number of benzene rings is 1. The second-order valence-electron chi connectivity index (χ2n) is 6.04. The highest BCUT2D eigenvalue weighted by molar-refractivity contribution is 5.43. The zero-order valence-electron chi connectivity index (χ0n) is 12.7. The average Bonchev–Trinajstić information content (AvgIpc) is 2.91. The van der Waals surface area contributed by atoms with Crippen LogP contribution in [0.5, 0.6) is 0 Å². The molecule has 0 spiro atoms. The van der Waals surface area contributed by atoms with Gasteiger partial charge in [-0.1, -0.05) is 38.1 Å². The average molecular weight is 282 g/mol. The fourth-order valence-electron chi connectivity index (χ4n) is 2.58. The van der Waals surface area contributed by atoms with E-state index in [4.69, 9.17) is 0 Å². The molecule has 4 heteroatoms. The van der Waals surface area contributed by atoms with Crippen molar-refractivity contribution < 1.29 is 0 Å². The van der Waals surface area contributed by atoms with Crippen molar-refractivity contribution in [2.45, 2.75) is 33.5 Å². The third kappa shape index (κ3) is 3.39. The van der Waals surface area contributed by atoms with Gasteiger partial charge in [0.15, 0.2) is 0 Å². The molecule has 1 aliphatic heterocycles. The van der Waals surface area contributed by atoms with E-state index in [0.717, 1.165) is 37.7 Å². The second kappa shape index (κ2) is 6.22. The number of fused-ring (bicyclic) bond motifs is 1. The number of nitrogens with one attached hydrogen (secondary N) is 1. The Hall–Kier alpha value is -1.94. The lowest BCUT2D eigenvalue weighted by Crippen LogP contribution is -2.20. The van der Waals surface area contributed by atoms with Gasteiger partial charge < -0.3 is 10.2 Å². The number of rotatable bonds is 5. The quantitative estimate of drug-likeness (QED) is 0.915. The Bertz CT molecular complexity index is 567. The fourth-order valence-corrected chi connectivity index (χ4v) is 2.58. The molecule has 0 aliphatic carbocycles. The minimum atomic E-state index is 0.660. The Morgan fingerprint density at radius 1 is 1.10 bits per heavy atom. The van der Waals surface area contributed by atoms with E-state index in [1.165, 1.54) is 11.1 Å². The molecule has 0 atom stereocenters. The smallest absolute Gasteiger partial charge is 0.225 e. The van der Waals surface area contributed by atoms with Crippen LogP contribution in [0.1, 0.15) is 30.5 Å². The van der Waals surface area contributed by atoms with Gasteiger partial charge in [0.1, 0.15) is 0 Å². The van der Waals surface area contributed by atoms with Crippen LogP contribution >= 0.6 is 0 Å². The van der Waals surface area contributed by atoms with Crippen molar-refractivity contribution in [3.05, 3.63) is 53.3 Å². The van der Waals surface area contributed by atoms with Crippen molar-refractivity contribution in [1.29, 1.82) is 0 Å². The first-order chi connectivity index (χ1) is 10.2. The maximum atomic E-state index is 4.52. The summed E-state index contributed by atoms with van der Waals surface area (Å²) >= 11 is 0. The van der Waals surface area contributed by atoms with Crippen LogP contribution < -0.4 is 10.2 Å². The van der Waals surface area contributed by atoms with E-state index < -0.39 is 0 Å². The molecule has 0 fully saturated rings. The zero-order chi connectivity index (χ0) is 14.7. The van der Waals surface area contributed by atoms with E-state index in [9.17, 15) is 0 Å². The summed E-state index contributed by atoms with van der Waals surface area (Å²) in [5, 5.41) is 3.41. The van der Waals surface area contributed by atoms with Gasteiger partial charge in [-0.2, -0.15) is 0 Å². The molecule has 2 aromatic rings. The van der Waals surface area contributed by atoms with E-state index in [1.807, 2.05) is 12.4 Å². The normalized spacial score (nSPS) is 13.8. The lowest BCUT2D eigenvalue weighted by atomic mass is 10.1. The van der Waals surface area contributed by atoms with Crippen molar-refractivity contribution in [3.63, 3.8) is 0 Å². The van der Waals surface area contributed by atoms with Crippen LogP contribution in [0, 0.1) is 5.92 Å². The molecule has 0 amide bonds. The third-order valence-electron chi connectivity index (χ3n) is 3.70. The van der Waals surface area contributed by atoms with E-state index >= 15 is 0 Å². The molecule has 110 valence electrons. The maximum absolute atomic E-state index is 4.52. The van der Waals surface area contributed by atoms with Crippen molar-refractivity contribution in [2.75, 3.05) is 11.4 Å². The van der Waals surface area contributed by atoms with Crippen LogP contribution in [-0.4, -0.2) is 16.5 Å². The van der Waals surface area contributed by atoms with Gasteiger partial charge in [-0.25, -0.2) is 9.97 Å². The van der Waals surface area contributed by atoms with Crippen molar-refractivity contribution >= 4 is 5.95 Å². The molecule has 1 aromatic heterocycles. The predicted octanol–water partition coefficient (Wildman–Crippen LogP) is 2.74. The van der Waals surface area contributed by atoms with Gasteiger partial charge in [0.25, 0.3) is 0 Å². The highest BCUT2D eigenvalue weighted by Crippen LogP contribution is 2.25. The van der Waals surface area contributed by atoms with Crippen LogP contribution in [0.4, 0.5) is 5.95 Å². The van der Waals surface area contributed by atoms with Gasteiger partial charge in [0.05, 0.1) is 0 Å². The van der Waals surface area contributed by atoms with Crippen LogP contribution in [0.25, 0.3) is 0 Å². The SMILES string of the molecule is CC(C)CNCc1cnc(N2Cc3ccccc3C2)nc1. The number of hydrogen-bond acceptors (Lipinski definition) is 4. The van der Waals surface area contributed by atoms with Gasteiger partial charge in [-0.15, -0.1) is 0 Å². The molecule has 1 N–H and O–H groups in total. The van der Waals surface area contributed by atoms with Crippen molar-refractivity contribution in [3.8, 4) is 0 Å². The predicted molar refractivity (Wildman–Crippen MR) is 84.9 cm³/mol. The van der Waals surface area contributed by atoms with Crippen LogP contribution in [-0.2, 0) is 19.6 Å². The first-order valence-corrected chi connectivity index (χ1v) is 7.56. The molecular weight excluding hydrogens is 260 g/mol. The number of aromatic nitrogens is 2. The van der Waals surface area contributed by atoms with Crippen molar-refractivity contribution in [1.82, 2.24) is 15.3 Å². The van der Waals surface area contributed by atoms with Gasteiger partial charge in [-0.05, 0) is 23.6 Å². The molecular formula is C17H22N4. The first kappa shape index (κ1) is 14.0. The first-order valence-electron chi connectivity index (χ1n) is 7.56. The topological polar surface area (TPSA) is 41.1 Å². The van der Waals surface area contributed by atoms with Crippen LogP contribution in [0.2, 0.25) is 0 Å². The standard InChI is InChI=1S/C17H22N4/c1-13(2)7-18-8-14-9-19-17(20-10-14)21-11-15-5-3-4-6-16(15)12-21/h3-6,9-10,13,18H,7-8,11-12H2,1-2H3. The van der Waals surface area contributed by atoms with Gasteiger partial charge >= 0.3 is 0 Å². The molecule has 0 unspecified atom stereocenters. The summed E-state index contributed by atoms with van der Waals surface area (Å²) in [5.74, 6) is 1.48. The molecule has 2 heterocycles. The highest BCUT2D eigenvalue weighted by Gasteiger charge is 2.20. The molecule has 4 nitrogen and oxygen atoms in total. The molecule has 0 bridgehead atoms. The fraction of sp³-hybridized carbons (Fsp3) is 0.412. The summed E-state index contributed by atoms with van der Waals surface area (Å²) in [4.78, 5) is 11.3. The molecule has 21 heavy (non-hydrogen) atoms. The van der Waals surface area contributed by atoms with E-state index in [0.29, 0.717) is 5.92 Å². The van der Waals surface area contributed by atoms with Crippen molar-refractivity contribution in [2.24, 2.45) is 5.92 Å². The van der Waals surface area contributed by atoms with Crippen LogP contribution in [0.3, 0.4) is 0 Å². The largest absolute Gasteiger partial charge is 0.332 e. The number of nitrogens with zero attached hydrogens (tertiary/aromatic N) is 3. The van der Waals surface area contributed by atoms with E-state index in [2.05, 4.69) is 58.3 Å². The Kier molecular flexibility index (Phi) is 4.15. The third-order valence-corrected chi connectivity index (χ3v) is 3.70. The maximum Gasteiger partial charge on any atom is 0.225 e. The molecule has 0 saturated carbocycles. The molecule has 0 saturated heterocycles. The minimum Gasteiger partial charge on any atom is -0.332 e. The van der Waals surface area contributed by atoms with E-state index in [1.54, 1.807) is 0 Å². The monoisotopic (exact) mass is 282 g/mol. The lowest BCUT2D eigenvalue weighted by molar-refractivity contribution is 0.551. The molecule has 3 rings (SSSR count). The molecule has 1 aromatic carbocycles. The van der Waals surface area contributed by atoms with Gasteiger partial charge in [0, 0.05) is 37.6 Å². The summed E-state index contributed by atoms with van der Waals surface area (Å²) in [6.07, 6.45) is 3.86. The summed E-state index contributed by atoms with van der Waals surface area (Å²) in [6.45, 7) is 8.07. The van der Waals surface area contributed by atoms with Gasteiger partial charge in [0.2, 0.25) is 5.95 Å². The number of hydrogen-bond donors (Lipinski definition) is 1. The Morgan fingerprint density at radius 3 is 2.29 bits per heavy atom. The van der Waals surface area contributed by atoms with E-state index in [-0.39, 0.29) is 0 Å². The summed E-state index contributed by atoms with van der Waals surface area (Å²) in [7, 11) is 0. The Morgan fingerprint density at radius 2 is 1.71 bits per heavy atom. The Balaban J connectivity index is 1.61. The summed E-state index contributed by atoms with van der Waals surface area (Å²) < 4.78 is 0. The lowest BCUT2D eigenvalue weighted by Gasteiger charge is -2.15. The minimum absolute atomic E-state index is 0.660. The van der Waals surface area contributed by atoms with Gasteiger partial charge in [-0.3, -0.25) is 0 Å². The second-order valence-corrected chi connectivity index (χ2v) is 6.04. The molecule has 0 radical (unpaired) electrons. The molecule has 1 aliphatic rings. The number of anilines is 1. The van der Waals surface area contributed by atoms with Crippen LogP contribution in [0.15, 0.2) is 36.7 Å². The summed E-state index contributed by atoms with van der Waals surface area (Å²) in [6, 6.07) is 8.54. The Labute approximate surface area is 126 Å². The zero-order valence-corrected chi connectivity index (χ0v) is 12.7. The highest BCUT2D eigenvalue weighted by atomic mass is 15.3.